The molecule has 1 aliphatic rings. The summed E-state index contributed by atoms with van der Waals surface area (Å²) in [6.45, 7) is 0. The average Bonchev–Trinajstić information content (AvgIpc) is 2.08. The molecule has 1 aliphatic heterocycles. The number of hydrogen-bond acceptors (Lipinski definition) is 4. The van der Waals surface area contributed by atoms with E-state index in [1.54, 1.807) is 0 Å². The van der Waals surface area contributed by atoms with Crippen molar-refractivity contribution in [3.05, 3.63) is 11.1 Å². The molecule has 0 aromatic carbocycles. The molecule has 0 unspecified atom stereocenters. The molecule has 5 heteroatoms. The summed E-state index contributed by atoms with van der Waals surface area (Å²) < 4.78 is 21.5. The van der Waals surface area contributed by atoms with Crippen LogP contribution < -0.4 is 0 Å². The van der Waals surface area contributed by atoms with Gasteiger partial charge in [0.1, 0.15) is 5.55 Å². The van der Waals surface area contributed by atoms with Crippen molar-refractivity contribution < 1.29 is 8.42 Å². The van der Waals surface area contributed by atoms with Crippen LogP contribution in [0.5, 0.6) is 0 Å². The maximum absolute atomic E-state index is 10.7. The second kappa shape index (κ2) is 2.15. The molecule has 0 spiro atoms. The molecule has 1 rings (SSSR count). The Bertz CT molecular complexity index is 262. The maximum Gasteiger partial charge on any atom is 0.215 e. The highest BCUT2D eigenvalue weighted by molar-refractivity contribution is 8.08. The summed E-state index contributed by atoms with van der Waals surface area (Å²) in [5.41, 5.74) is 0.929. The summed E-state index contributed by atoms with van der Waals surface area (Å²) in [6.07, 6.45) is 1.31. The Morgan fingerprint density at radius 1 is 1.67 bits per heavy atom. The molecule has 50 valence electrons. The first kappa shape index (κ1) is 6.82. The lowest BCUT2D eigenvalue weighted by molar-refractivity contribution is 0.614. The first-order valence-corrected chi connectivity index (χ1v) is 4.43. The van der Waals surface area contributed by atoms with Crippen molar-refractivity contribution in [2.24, 2.45) is 4.99 Å². The second-order valence-corrected chi connectivity index (χ2v) is 3.69. The fraction of sp³-hybridized carbons (Fsp3) is 0.250. The Morgan fingerprint density at radius 2 is 2.33 bits per heavy atom. The minimum atomic E-state index is -3.14. The van der Waals surface area contributed by atoms with Crippen LogP contribution in [-0.2, 0) is 9.84 Å². The first-order valence-electron chi connectivity index (χ1n) is 2.25. The third-order valence-corrected chi connectivity index (χ3v) is 2.87. The average molecular weight is 163 g/mol. The number of nitrogens with zero attached hydrogens (tertiary/aromatic N) is 1. The van der Waals surface area contributed by atoms with Crippen LogP contribution in [-0.4, -0.2) is 19.7 Å². The standard InChI is InChI=1S/C4H5NO2S2/c6-9(7)3-5-1-4(9)2-8/h1,3,8H,2H2. The van der Waals surface area contributed by atoms with Crippen molar-refractivity contribution in [1.82, 2.24) is 0 Å². The Hall–Kier alpha value is -0.290. The third-order valence-electron chi connectivity index (χ3n) is 0.939. The summed E-state index contributed by atoms with van der Waals surface area (Å²) in [5.74, 6) is 0.225. The van der Waals surface area contributed by atoms with Crippen LogP contribution in [0.1, 0.15) is 0 Å². The predicted molar refractivity (Wildman–Crippen MR) is 39.3 cm³/mol. The molecular weight excluding hydrogens is 158 g/mol. The Balaban J connectivity index is 3.07. The molecular formula is C4H5NO2S2. The molecule has 0 aromatic rings. The first-order chi connectivity index (χ1) is 4.17. The van der Waals surface area contributed by atoms with Gasteiger partial charge in [0.05, 0.1) is 4.91 Å². The molecule has 0 amide bonds. The second-order valence-electron chi connectivity index (χ2n) is 1.55. The monoisotopic (exact) mass is 163 g/mol. The van der Waals surface area contributed by atoms with Gasteiger partial charge < -0.3 is 0 Å². The molecule has 9 heavy (non-hydrogen) atoms. The number of thiol groups is 1. The Kier molecular flexibility index (Phi) is 1.63. The van der Waals surface area contributed by atoms with Gasteiger partial charge in [-0.3, -0.25) is 4.99 Å². The molecule has 0 saturated carbocycles. The minimum absolute atomic E-state index is 0.225. The molecule has 0 fully saturated rings. The summed E-state index contributed by atoms with van der Waals surface area (Å²) in [6, 6.07) is 0. The molecule has 1 heterocycles. The van der Waals surface area contributed by atoms with Crippen LogP contribution in [0.25, 0.3) is 0 Å². The van der Waals surface area contributed by atoms with Crippen molar-refractivity contribution in [2.75, 3.05) is 5.75 Å². The van der Waals surface area contributed by atoms with Gasteiger partial charge in [-0.25, -0.2) is 8.42 Å². The molecule has 0 saturated heterocycles. The van der Waals surface area contributed by atoms with Crippen LogP contribution in [0.3, 0.4) is 0 Å². The van der Waals surface area contributed by atoms with E-state index in [1.165, 1.54) is 6.20 Å². The van der Waals surface area contributed by atoms with E-state index in [9.17, 15) is 8.42 Å². The third kappa shape index (κ3) is 1.16. The summed E-state index contributed by atoms with van der Waals surface area (Å²) in [5, 5.41) is 0. The van der Waals surface area contributed by atoms with Gasteiger partial charge in [0.15, 0.2) is 0 Å². The lowest BCUT2D eigenvalue weighted by Crippen LogP contribution is -2.01. The highest BCUT2D eigenvalue weighted by atomic mass is 32.2. The van der Waals surface area contributed by atoms with Gasteiger partial charge in [-0.2, -0.15) is 12.6 Å². The van der Waals surface area contributed by atoms with E-state index < -0.39 is 9.84 Å². The zero-order chi connectivity index (χ0) is 6.91. The molecule has 3 nitrogen and oxygen atoms in total. The molecule has 0 atom stereocenters. The zero-order valence-electron chi connectivity index (χ0n) is 4.48. The Labute approximate surface area is 58.8 Å². The van der Waals surface area contributed by atoms with Gasteiger partial charge in [-0.05, 0) is 0 Å². The van der Waals surface area contributed by atoms with E-state index in [-0.39, 0.29) is 10.7 Å². The van der Waals surface area contributed by atoms with Crippen molar-refractivity contribution in [3.8, 4) is 0 Å². The number of aliphatic imine (C=N–C) groups is 1. The molecule has 0 N–H and O–H groups in total. The molecule has 0 aliphatic carbocycles. The molecule has 0 radical (unpaired) electrons. The van der Waals surface area contributed by atoms with Crippen LogP contribution in [0.15, 0.2) is 16.1 Å². The number of sulfone groups is 1. The fourth-order valence-corrected chi connectivity index (χ4v) is 1.83. The van der Waals surface area contributed by atoms with E-state index in [0.29, 0.717) is 0 Å². The van der Waals surface area contributed by atoms with Crippen LogP contribution >= 0.6 is 12.6 Å². The van der Waals surface area contributed by atoms with Crippen LogP contribution in [0, 0.1) is 0 Å². The van der Waals surface area contributed by atoms with E-state index in [4.69, 9.17) is 0 Å². The van der Waals surface area contributed by atoms with Gasteiger partial charge >= 0.3 is 0 Å². The van der Waals surface area contributed by atoms with Gasteiger partial charge in [0.2, 0.25) is 9.84 Å². The van der Waals surface area contributed by atoms with E-state index in [2.05, 4.69) is 17.6 Å². The summed E-state index contributed by atoms with van der Waals surface area (Å²) >= 11 is 3.80. The van der Waals surface area contributed by atoms with Gasteiger partial charge in [0, 0.05) is 12.0 Å². The maximum atomic E-state index is 10.7. The number of rotatable bonds is 1. The highest BCUT2D eigenvalue weighted by Gasteiger charge is 2.16. The molecule has 0 bridgehead atoms. The van der Waals surface area contributed by atoms with Gasteiger partial charge in [0.25, 0.3) is 0 Å². The zero-order valence-corrected chi connectivity index (χ0v) is 6.19. The van der Waals surface area contributed by atoms with Crippen molar-refractivity contribution in [2.45, 2.75) is 0 Å². The fourth-order valence-electron chi connectivity index (χ4n) is 0.466. The van der Waals surface area contributed by atoms with Crippen LogP contribution in [0.2, 0.25) is 0 Å². The van der Waals surface area contributed by atoms with E-state index in [1.807, 2.05) is 0 Å². The van der Waals surface area contributed by atoms with Crippen molar-refractivity contribution >= 4 is 28.0 Å². The van der Waals surface area contributed by atoms with E-state index in [0.717, 1.165) is 5.55 Å². The normalized spacial score (nSPS) is 22.1. The van der Waals surface area contributed by atoms with Crippen molar-refractivity contribution in [3.63, 3.8) is 0 Å². The van der Waals surface area contributed by atoms with Crippen LogP contribution in [0.4, 0.5) is 0 Å². The van der Waals surface area contributed by atoms with Gasteiger partial charge in [-0.1, -0.05) is 0 Å². The predicted octanol–water partition coefficient (Wildman–Crippen LogP) is 0.214. The van der Waals surface area contributed by atoms with E-state index >= 15 is 0 Å². The quantitative estimate of drug-likeness (QED) is 0.562. The van der Waals surface area contributed by atoms with Gasteiger partial charge in [-0.15, -0.1) is 0 Å². The summed E-state index contributed by atoms with van der Waals surface area (Å²) in [7, 11) is -3.14. The Morgan fingerprint density at radius 3 is 2.56 bits per heavy atom. The van der Waals surface area contributed by atoms with Crippen molar-refractivity contribution in [1.29, 1.82) is 0 Å². The SMILES string of the molecule is O=S1(=O)C=NC=C1CS. The number of hydrogen-bond donors (Lipinski definition) is 1. The highest BCUT2D eigenvalue weighted by Crippen LogP contribution is 2.11. The lowest BCUT2D eigenvalue weighted by atomic mass is 10.7. The largest absolute Gasteiger partial charge is 0.251 e. The lowest BCUT2D eigenvalue weighted by Gasteiger charge is -1.90. The summed E-state index contributed by atoms with van der Waals surface area (Å²) in [4.78, 5) is 3.73. The minimum Gasteiger partial charge on any atom is -0.251 e. The smallest absolute Gasteiger partial charge is 0.215 e. The molecule has 0 aromatic heterocycles. The topological polar surface area (TPSA) is 46.5 Å².